The van der Waals surface area contributed by atoms with E-state index in [0.717, 1.165) is 11.3 Å². The van der Waals surface area contributed by atoms with Gasteiger partial charge in [-0.25, -0.2) is 0 Å². The van der Waals surface area contributed by atoms with E-state index in [0.29, 0.717) is 34.2 Å². The Labute approximate surface area is 172 Å². The minimum absolute atomic E-state index is 0.0185. The summed E-state index contributed by atoms with van der Waals surface area (Å²) < 4.78 is 7.46. The molecule has 3 aromatic rings. The second-order valence-electron chi connectivity index (χ2n) is 6.96. The van der Waals surface area contributed by atoms with E-state index in [1.165, 1.54) is 24.6 Å². The molecule has 2 heterocycles. The second kappa shape index (κ2) is 8.41. The molecule has 8 heteroatoms. The van der Waals surface area contributed by atoms with Gasteiger partial charge in [-0.3, -0.25) is 9.36 Å². The number of aromatic nitrogens is 3. The molecular formula is C20H21ClN4O2S. The topological polar surface area (TPSA) is 73.0 Å². The zero-order chi connectivity index (χ0) is 19.5. The highest BCUT2D eigenvalue weighted by atomic mass is 35.5. The van der Waals surface area contributed by atoms with Gasteiger partial charge in [-0.05, 0) is 62.1 Å². The number of carbonyl (C=O) groups excluding carboxylic acids is 1. The van der Waals surface area contributed by atoms with Crippen LogP contribution in [-0.2, 0) is 11.3 Å². The van der Waals surface area contributed by atoms with Crippen molar-refractivity contribution >= 4 is 29.3 Å². The molecule has 4 rings (SSSR count). The molecule has 28 heavy (non-hydrogen) atoms. The van der Waals surface area contributed by atoms with Crippen LogP contribution in [0.4, 0.5) is 0 Å². The molecule has 1 saturated carbocycles. The fourth-order valence-corrected chi connectivity index (χ4v) is 3.92. The van der Waals surface area contributed by atoms with Crippen molar-refractivity contribution in [1.82, 2.24) is 20.1 Å². The number of benzene rings is 1. The van der Waals surface area contributed by atoms with Crippen molar-refractivity contribution < 1.29 is 9.21 Å². The van der Waals surface area contributed by atoms with E-state index in [1.807, 2.05) is 41.0 Å². The molecule has 1 aliphatic rings. The van der Waals surface area contributed by atoms with Gasteiger partial charge in [0.1, 0.15) is 5.76 Å². The molecule has 0 spiro atoms. The van der Waals surface area contributed by atoms with Crippen molar-refractivity contribution in [3.8, 4) is 11.4 Å². The summed E-state index contributed by atoms with van der Waals surface area (Å²) in [6.45, 7) is 2.55. The SMILES string of the molecule is C[C@H](NC(=O)CSc1nnc(-c2ccc(Cl)cc2)n1Cc1ccco1)C1CC1. The lowest BCUT2D eigenvalue weighted by molar-refractivity contribution is -0.119. The summed E-state index contributed by atoms with van der Waals surface area (Å²) in [4.78, 5) is 12.3. The Morgan fingerprint density at radius 1 is 1.32 bits per heavy atom. The van der Waals surface area contributed by atoms with E-state index in [4.69, 9.17) is 16.0 Å². The van der Waals surface area contributed by atoms with Gasteiger partial charge in [0.2, 0.25) is 5.91 Å². The predicted molar refractivity (Wildman–Crippen MR) is 109 cm³/mol. The van der Waals surface area contributed by atoms with Crippen LogP contribution < -0.4 is 5.32 Å². The van der Waals surface area contributed by atoms with E-state index < -0.39 is 0 Å². The highest BCUT2D eigenvalue weighted by molar-refractivity contribution is 7.99. The molecule has 1 aromatic carbocycles. The molecule has 0 saturated heterocycles. The van der Waals surface area contributed by atoms with Gasteiger partial charge in [0.05, 0.1) is 18.6 Å². The van der Waals surface area contributed by atoms with Crippen LogP contribution in [0.1, 0.15) is 25.5 Å². The number of furan rings is 1. The number of carbonyl (C=O) groups is 1. The smallest absolute Gasteiger partial charge is 0.230 e. The van der Waals surface area contributed by atoms with Crippen LogP contribution in [0, 0.1) is 5.92 Å². The number of nitrogens with zero attached hydrogens (tertiary/aromatic N) is 3. The molecule has 1 aliphatic carbocycles. The average molecular weight is 417 g/mol. The van der Waals surface area contributed by atoms with E-state index >= 15 is 0 Å². The highest BCUT2D eigenvalue weighted by Crippen LogP contribution is 2.32. The Morgan fingerprint density at radius 2 is 2.11 bits per heavy atom. The summed E-state index contributed by atoms with van der Waals surface area (Å²) in [5, 5.41) is 13.1. The van der Waals surface area contributed by atoms with Crippen molar-refractivity contribution in [3.05, 3.63) is 53.4 Å². The Kier molecular flexibility index (Phi) is 5.73. The number of rotatable bonds is 8. The van der Waals surface area contributed by atoms with Gasteiger partial charge >= 0.3 is 0 Å². The van der Waals surface area contributed by atoms with Crippen molar-refractivity contribution in [2.45, 2.75) is 37.5 Å². The van der Waals surface area contributed by atoms with Crippen molar-refractivity contribution in [3.63, 3.8) is 0 Å². The summed E-state index contributed by atoms with van der Waals surface area (Å²) in [7, 11) is 0. The largest absolute Gasteiger partial charge is 0.467 e. The first-order valence-electron chi connectivity index (χ1n) is 9.24. The summed E-state index contributed by atoms with van der Waals surface area (Å²) in [6, 6.07) is 11.4. The molecule has 1 fully saturated rings. The molecule has 1 amide bonds. The predicted octanol–water partition coefficient (Wildman–Crippen LogP) is 4.25. The standard InChI is InChI=1S/C20H21ClN4O2S/c1-13(14-4-5-14)22-18(26)12-28-20-24-23-19(15-6-8-16(21)9-7-15)25(20)11-17-3-2-10-27-17/h2-3,6-10,13-14H,4-5,11-12H2,1H3,(H,22,26)/t13-/m0/s1. The highest BCUT2D eigenvalue weighted by Gasteiger charge is 2.29. The third-order valence-electron chi connectivity index (χ3n) is 4.76. The van der Waals surface area contributed by atoms with E-state index in [-0.39, 0.29) is 11.9 Å². The normalized spacial score (nSPS) is 14.8. The number of halogens is 1. The van der Waals surface area contributed by atoms with Crippen molar-refractivity contribution in [2.24, 2.45) is 5.92 Å². The minimum Gasteiger partial charge on any atom is -0.467 e. The van der Waals surface area contributed by atoms with E-state index in [2.05, 4.69) is 22.4 Å². The van der Waals surface area contributed by atoms with E-state index in [9.17, 15) is 4.79 Å². The van der Waals surface area contributed by atoms with Gasteiger partial charge in [0.15, 0.2) is 11.0 Å². The zero-order valence-electron chi connectivity index (χ0n) is 15.5. The van der Waals surface area contributed by atoms with Crippen LogP contribution in [0.25, 0.3) is 11.4 Å². The van der Waals surface area contributed by atoms with Gasteiger partial charge in [-0.2, -0.15) is 0 Å². The zero-order valence-corrected chi connectivity index (χ0v) is 17.0. The molecular weight excluding hydrogens is 396 g/mol. The fraction of sp³-hybridized carbons (Fsp3) is 0.350. The number of hydrogen-bond donors (Lipinski definition) is 1. The van der Waals surface area contributed by atoms with Crippen LogP contribution in [0.3, 0.4) is 0 Å². The summed E-state index contributed by atoms with van der Waals surface area (Å²) in [5.41, 5.74) is 0.905. The van der Waals surface area contributed by atoms with Crippen LogP contribution in [-0.4, -0.2) is 32.5 Å². The molecule has 0 bridgehead atoms. The van der Waals surface area contributed by atoms with Crippen molar-refractivity contribution in [2.75, 3.05) is 5.75 Å². The van der Waals surface area contributed by atoms with E-state index in [1.54, 1.807) is 6.26 Å². The van der Waals surface area contributed by atoms with Crippen molar-refractivity contribution in [1.29, 1.82) is 0 Å². The second-order valence-corrected chi connectivity index (χ2v) is 8.34. The Bertz CT molecular complexity index is 936. The molecule has 0 unspecified atom stereocenters. The van der Waals surface area contributed by atoms with Gasteiger partial charge in [-0.1, -0.05) is 23.4 Å². The van der Waals surface area contributed by atoms with Gasteiger partial charge < -0.3 is 9.73 Å². The lowest BCUT2D eigenvalue weighted by Crippen LogP contribution is -2.35. The van der Waals surface area contributed by atoms with Crippen LogP contribution >= 0.6 is 23.4 Å². The number of nitrogens with one attached hydrogen (secondary N) is 1. The van der Waals surface area contributed by atoms with Crippen LogP contribution in [0.2, 0.25) is 5.02 Å². The minimum atomic E-state index is 0.0185. The average Bonchev–Trinajstić information content (AvgIpc) is 3.28. The summed E-state index contributed by atoms with van der Waals surface area (Å²) in [5.74, 6) is 2.46. The maximum atomic E-state index is 12.3. The van der Waals surface area contributed by atoms with Gasteiger partial charge in [0.25, 0.3) is 0 Å². The van der Waals surface area contributed by atoms with Crippen LogP contribution in [0.5, 0.6) is 0 Å². The monoisotopic (exact) mass is 416 g/mol. The third kappa shape index (κ3) is 4.59. The maximum absolute atomic E-state index is 12.3. The first-order chi connectivity index (χ1) is 13.6. The third-order valence-corrected chi connectivity index (χ3v) is 5.98. The van der Waals surface area contributed by atoms with Gasteiger partial charge in [0, 0.05) is 16.6 Å². The molecule has 6 nitrogen and oxygen atoms in total. The van der Waals surface area contributed by atoms with Crippen LogP contribution in [0.15, 0.2) is 52.2 Å². The molecule has 2 aromatic heterocycles. The molecule has 0 radical (unpaired) electrons. The fourth-order valence-electron chi connectivity index (χ4n) is 3.05. The summed E-state index contributed by atoms with van der Waals surface area (Å²) >= 11 is 7.38. The number of amides is 1. The molecule has 1 N–H and O–H groups in total. The quantitative estimate of drug-likeness (QED) is 0.556. The molecule has 146 valence electrons. The lowest BCUT2D eigenvalue weighted by atomic mass is 10.2. The molecule has 1 atom stereocenters. The number of hydrogen-bond acceptors (Lipinski definition) is 5. The lowest BCUT2D eigenvalue weighted by Gasteiger charge is -2.13. The maximum Gasteiger partial charge on any atom is 0.230 e. The summed E-state index contributed by atoms with van der Waals surface area (Å²) in [6.07, 6.45) is 4.05. The number of thioether (sulfide) groups is 1. The van der Waals surface area contributed by atoms with Gasteiger partial charge in [-0.15, -0.1) is 10.2 Å². The Hall–Kier alpha value is -2.25. The first-order valence-corrected chi connectivity index (χ1v) is 10.6. The first kappa shape index (κ1) is 19.1. The Morgan fingerprint density at radius 3 is 2.79 bits per heavy atom. The Balaban J connectivity index is 1.52. The molecule has 0 aliphatic heterocycles.